The molecule has 1 aliphatic heterocycles. The highest BCUT2D eigenvalue weighted by molar-refractivity contribution is 5.99. The summed E-state index contributed by atoms with van der Waals surface area (Å²) >= 11 is 0. The van der Waals surface area contributed by atoms with Crippen LogP contribution in [0.1, 0.15) is 29.3 Å². The Balaban J connectivity index is 1.86. The number of likely N-dealkylation sites (tertiary alicyclic amines) is 1. The Kier molecular flexibility index (Phi) is 3.95. The van der Waals surface area contributed by atoms with E-state index in [2.05, 4.69) is 10.2 Å². The molecule has 1 fully saturated rings. The van der Waals surface area contributed by atoms with Gasteiger partial charge >= 0.3 is 0 Å². The number of aromatic amines is 1. The number of aliphatic hydroxyl groups excluding tert-OH is 1. The lowest BCUT2D eigenvalue weighted by atomic mass is 9.90. The number of benzene rings is 1. The molecule has 3 N–H and O–H groups in total. The third-order valence-corrected chi connectivity index (χ3v) is 4.46. The van der Waals surface area contributed by atoms with Gasteiger partial charge in [-0.15, -0.1) is 0 Å². The predicted octanol–water partition coefficient (Wildman–Crippen LogP) is 1.34. The minimum Gasteiger partial charge on any atom is -0.388 e. The van der Waals surface area contributed by atoms with Crippen LogP contribution < -0.4 is 0 Å². The van der Waals surface area contributed by atoms with Crippen molar-refractivity contribution in [2.75, 3.05) is 13.1 Å². The molecule has 0 radical (unpaired) electrons. The van der Waals surface area contributed by atoms with Gasteiger partial charge < -0.3 is 15.1 Å². The fourth-order valence-corrected chi connectivity index (χ4v) is 2.85. The van der Waals surface area contributed by atoms with E-state index in [0.29, 0.717) is 24.2 Å². The number of piperidine rings is 1. The predicted molar refractivity (Wildman–Crippen MR) is 85.9 cm³/mol. The van der Waals surface area contributed by atoms with Crippen LogP contribution in [0.5, 0.6) is 0 Å². The molecule has 2 heterocycles. The van der Waals surface area contributed by atoms with Gasteiger partial charge in [-0.1, -0.05) is 23.8 Å². The van der Waals surface area contributed by atoms with E-state index in [1.807, 2.05) is 31.2 Å². The van der Waals surface area contributed by atoms with Crippen molar-refractivity contribution in [2.24, 2.45) is 0 Å². The molecule has 122 valence electrons. The van der Waals surface area contributed by atoms with Gasteiger partial charge in [0.2, 0.25) is 0 Å². The Hall–Kier alpha value is -2.18. The fraction of sp³-hybridized carbons (Fsp3) is 0.412. The van der Waals surface area contributed by atoms with Crippen LogP contribution in [-0.4, -0.2) is 56.0 Å². The normalized spacial score (nSPS) is 24.7. The highest BCUT2D eigenvalue weighted by Gasteiger charge is 2.38. The van der Waals surface area contributed by atoms with Gasteiger partial charge in [-0.05, 0) is 26.3 Å². The van der Waals surface area contributed by atoms with Crippen LogP contribution in [0.2, 0.25) is 0 Å². The summed E-state index contributed by atoms with van der Waals surface area (Å²) in [4.78, 5) is 14.3. The van der Waals surface area contributed by atoms with Crippen LogP contribution in [0.3, 0.4) is 0 Å². The molecule has 2 aromatic rings. The summed E-state index contributed by atoms with van der Waals surface area (Å²) in [5, 5.41) is 26.9. The molecule has 1 aliphatic rings. The van der Waals surface area contributed by atoms with Crippen LogP contribution >= 0.6 is 0 Å². The Morgan fingerprint density at radius 3 is 2.96 bits per heavy atom. The van der Waals surface area contributed by atoms with E-state index in [-0.39, 0.29) is 12.5 Å². The number of nitrogens with zero attached hydrogens (tertiary/aromatic N) is 2. The van der Waals surface area contributed by atoms with E-state index in [4.69, 9.17) is 0 Å². The number of β-amino-alcohol motifs (C(OH)–C–C–N with tert-alkyl or cyclic N) is 1. The monoisotopic (exact) mass is 315 g/mol. The van der Waals surface area contributed by atoms with Crippen molar-refractivity contribution in [1.82, 2.24) is 15.1 Å². The first-order valence-corrected chi connectivity index (χ1v) is 7.68. The molecule has 0 unspecified atom stereocenters. The maximum atomic E-state index is 12.8. The van der Waals surface area contributed by atoms with E-state index < -0.39 is 11.7 Å². The van der Waals surface area contributed by atoms with Gasteiger partial charge in [0.15, 0.2) is 0 Å². The van der Waals surface area contributed by atoms with E-state index in [9.17, 15) is 15.0 Å². The highest BCUT2D eigenvalue weighted by Crippen LogP contribution is 2.27. The van der Waals surface area contributed by atoms with Crippen LogP contribution in [0, 0.1) is 6.92 Å². The van der Waals surface area contributed by atoms with Crippen LogP contribution in [0.4, 0.5) is 0 Å². The van der Waals surface area contributed by atoms with Crippen LogP contribution in [0.25, 0.3) is 11.3 Å². The molecule has 1 saturated heterocycles. The number of nitrogens with one attached hydrogen (secondary N) is 1. The van der Waals surface area contributed by atoms with Crippen molar-refractivity contribution >= 4 is 5.91 Å². The minimum atomic E-state index is -1.15. The Labute approximate surface area is 134 Å². The number of rotatable bonds is 2. The zero-order valence-corrected chi connectivity index (χ0v) is 13.3. The quantitative estimate of drug-likeness (QED) is 0.780. The van der Waals surface area contributed by atoms with E-state index in [1.165, 1.54) is 6.20 Å². The number of H-pyrrole nitrogens is 1. The smallest absolute Gasteiger partial charge is 0.257 e. The highest BCUT2D eigenvalue weighted by atomic mass is 16.3. The summed E-state index contributed by atoms with van der Waals surface area (Å²) in [5.74, 6) is -0.190. The second-order valence-corrected chi connectivity index (χ2v) is 6.40. The average Bonchev–Trinajstić information content (AvgIpc) is 2.99. The lowest BCUT2D eigenvalue weighted by molar-refractivity contribution is -0.0999. The maximum Gasteiger partial charge on any atom is 0.257 e. The fourth-order valence-electron chi connectivity index (χ4n) is 2.85. The molecule has 23 heavy (non-hydrogen) atoms. The Bertz CT molecular complexity index is 723. The maximum absolute atomic E-state index is 12.8. The molecule has 6 heteroatoms. The van der Waals surface area contributed by atoms with Gasteiger partial charge in [0.05, 0.1) is 29.2 Å². The molecule has 0 saturated carbocycles. The second kappa shape index (κ2) is 5.79. The Morgan fingerprint density at radius 1 is 1.48 bits per heavy atom. The van der Waals surface area contributed by atoms with Crippen molar-refractivity contribution in [3.8, 4) is 11.3 Å². The first-order valence-electron chi connectivity index (χ1n) is 7.68. The second-order valence-electron chi connectivity index (χ2n) is 6.40. The number of aryl methyl sites for hydroxylation is 1. The van der Waals surface area contributed by atoms with Gasteiger partial charge in [-0.2, -0.15) is 5.10 Å². The first kappa shape index (κ1) is 15.7. The number of aliphatic hydroxyl groups is 2. The summed E-state index contributed by atoms with van der Waals surface area (Å²) in [6.07, 6.45) is 0.908. The molecule has 6 nitrogen and oxygen atoms in total. The van der Waals surface area contributed by atoms with Crippen LogP contribution in [0.15, 0.2) is 30.5 Å². The molecule has 1 aromatic heterocycles. The zero-order valence-electron chi connectivity index (χ0n) is 13.3. The lowest BCUT2D eigenvalue weighted by Gasteiger charge is -2.39. The molecule has 3 rings (SSSR count). The molecule has 0 aliphatic carbocycles. The molecule has 0 spiro atoms. The molecular formula is C17H21N3O3. The number of carbonyl (C=O) groups excluding carboxylic acids is 1. The number of hydrogen-bond donors (Lipinski definition) is 3. The minimum absolute atomic E-state index is 0.115. The van der Waals surface area contributed by atoms with Crippen molar-refractivity contribution in [2.45, 2.75) is 32.0 Å². The van der Waals surface area contributed by atoms with Crippen molar-refractivity contribution < 1.29 is 15.0 Å². The van der Waals surface area contributed by atoms with Crippen molar-refractivity contribution in [1.29, 1.82) is 0 Å². The van der Waals surface area contributed by atoms with E-state index in [0.717, 1.165) is 11.1 Å². The van der Waals surface area contributed by atoms with Gasteiger partial charge in [0.25, 0.3) is 5.91 Å². The largest absolute Gasteiger partial charge is 0.388 e. The van der Waals surface area contributed by atoms with Gasteiger partial charge in [-0.3, -0.25) is 9.89 Å². The average molecular weight is 315 g/mol. The first-order chi connectivity index (χ1) is 10.9. The van der Waals surface area contributed by atoms with Gasteiger partial charge in [-0.25, -0.2) is 0 Å². The summed E-state index contributed by atoms with van der Waals surface area (Å²) in [6.45, 7) is 4.10. The number of carbonyl (C=O) groups is 1. The number of hydrogen-bond acceptors (Lipinski definition) is 4. The third-order valence-electron chi connectivity index (χ3n) is 4.46. The topological polar surface area (TPSA) is 89.5 Å². The molecule has 0 bridgehead atoms. The summed E-state index contributed by atoms with van der Waals surface area (Å²) < 4.78 is 0. The van der Waals surface area contributed by atoms with Gasteiger partial charge in [0.1, 0.15) is 0 Å². The Morgan fingerprint density at radius 2 is 2.26 bits per heavy atom. The van der Waals surface area contributed by atoms with Crippen molar-refractivity contribution in [3.63, 3.8) is 0 Å². The summed E-state index contributed by atoms with van der Waals surface area (Å²) in [6, 6.07) is 7.83. The van der Waals surface area contributed by atoms with Crippen LogP contribution in [-0.2, 0) is 0 Å². The molecule has 1 aromatic carbocycles. The third kappa shape index (κ3) is 3.00. The molecule has 1 amide bonds. The number of aromatic nitrogens is 2. The molecule has 2 atom stereocenters. The SMILES string of the molecule is Cc1cccc(-c2[nH]ncc2C(=O)N2CC[C@](C)(O)[C@H](O)C2)c1. The van der Waals surface area contributed by atoms with E-state index >= 15 is 0 Å². The summed E-state index contributed by atoms with van der Waals surface area (Å²) in [7, 11) is 0. The standard InChI is InChI=1S/C17H21N3O3/c1-11-4-3-5-12(8-11)15-13(9-18-19-15)16(22)20-7-6-17(2,23)14(21)10-20/h3-5,8-9,14,21,23H,6-7,10H2,1-2H3,(H,18,19)/t14-,17+/m1/s1. The summed E-state index contributed by atoms with van der Waals surface area (Å²) in [5.41, 5.74) is 2.00. The lowest BCUT2D eigenvalue weighted by Crippen LogP contribution is -2.55. The molecular weight excluding hydrogens is 294 g/mol. The van der Waals surface area contributed by atoms with Gasteiger partial charge in [0, 0.05) is 18.7 Å². The zero-order chi connectivity index (χ0) is 16.6. The number of amides is 1. The van der Waals surface area contributed by atoms with Crippen molar-refractivity contribution in [3.05, 3.63) is 41.6 Å². The van der Waals surface area contributed by atoms with E-state index in [1.54, 1.807) is 11.8 Å².